The minimum absolute atomic E-state index is 0.0691. The van der Waals surface area contributed by atoms with Crippen LogP contribution in [0.5, 0.6) is 0 Å². The molecule has 0 aliphatic carbocycles. The van der Waals surface area contributed by atoms with Gasteiger partial charge in [0.05, 0.1) is 11.0 Å². The Morgan fingerprint density at radius 2 is 1.83 bits per heavy atom. The molecule has 1 aliphatic rings. The first-order valence-corrected chi connectivity index (χ1v) is 10.7. The van der Waals surface area contributed by atoms with Crippen LogP contribution in [0.15, 0.2) is 54.6 Å². The van der Waals surface area contributed by atoms with E-state index in [2.05, 4.69) is 57.7 Å². The van der Waals surface area contributed by atoms with E-state index in [-0.39, 0.29) is 18.0 Å². The smallest absolute Gasteiger partial charge is 0.245 e. The van der Waals surface area contributed by atoms with E-state index >= 15 is 0 Å². The third-order valence-corrected chi connectivity index (χ3v) is 5.85. The van der Waals surface area contributed by atoms with Crippen molar-refractivity contribution in [3.05, 3.63) is 60.2 Å². The summed E-state index contributed by atoms with van der Waals surface area (Å²) < 4.78 is 2.11. The number of hydrazine groups is 1. The lowest BCUT2D eigenvalue weighted by Gasteiger charge is -2.19. The molecule has 0 radical (unpaired) electrons. The number of para-hydroxylation sites is 2. The predicted octanol–water partition coefficient (Wildman–Crippen LogP) is 2.92. The number of rotatable bonds is 8. The highest BCUT2D eigenvalue weighted by Gasteiger charge is 2.30. The molecule has 7 heteroatoms. The van der Waals surface area contributed by atoms with E-state index in [1.807, 2.05) is 36.4 Å². The second kappa shape index (κ2) is 9.38. The van der Waals surface area contributed by atoms with E-state index in [0.717, 1.165) is 37.2 Å². The van der Waals surface area contributed by atoms with E-state index in [1.54, 1.807) is 0 Å². The van der Waals surface area contributed by atoms with Crippen LogP contribution in [0.1, 0.15) is 31.9 Å². The molecule has 1 fully saturated rings. The summed E-state index contributed by atoms with van der Waals surface area (Å²) in [7, 11) is 0. The maximum absolute atomic E-state index is 13.0. The van der Waals surface area contributed by atoms with Crippen molar-refractivity contribution < 1.29 is 4.79 Å². The summed E-state index contributed by atoms with van der Waals surface area (Å²) >= 11 is 0. The molecular weight excluding hydrogens is 376 g/mol. The van der Waals surface area contributed by atoms with Gasteiger partial charge in [0.1, 0.15) is 6.04 Å². The number of hydrogen-bond acceptors (Lipinski definition) is 5. The number of aromatic nitrogens is 2. The molecule has 4 rings (SSSR count). The van der Waals surface area contributed by atoms with Crippen LogP contribution in [0.25, 0.3) is 11.0 Å². The van der Waals surface area contributed by atoms with Gasteiger partial charge in [0.25, 0.3) is 0 Å². The Labute approximate surface area is 177 Å². The zero-order valence-corrected chi connectivity index (χ0v) is 17.6. The van der Waals surface area contributed by atoms with Crippen LogP contribution in [0.3, 0.4) is 0 Å². The summed E-state index contributed by atoms with van der Waals surface area (Å²) in [5.41, 5.74) is 9.49. The first-order valence-electron chi connectivity index (χ1n) is 10.7. The number of likely N-dealkylation sites (N-methyl/N-ethyl adjacent to an activating group) is 1. The Balaban J connectivity index is 1.49. The number of benzene rings is 2. The fourth-order valence-corrected chi connectivity index (χ4v) is 4.01. The number of hydrogen-bond donors (Lipinski definition) is 3. The van der Waals surface area contributed by atoms with E-state index in [9.17, 15) is 4.79 Å². The van der Waals surface area contributed by atoms with Gasteiger partial charge in [-0.1, -0.05) is 56.3 Å². The van der Waals surface area contributed by atoms with E-state index < -0.39 is 0 Å². The number of imidazole rings is 1. The molecule has 3 aromatic rings. The van der Waals surface area contributed by atoms with Crippen molar-refractivity contribution in [3.8, 4) is 0 Å². The van der Waals surface area contributed by atoms with Crippen LogP contribution in [-0.4, -0.2) is 46.0 Å². The summed E-state index contributed by atoms with van der Waals surface area (Å²) in [6.45, 7) is 8.03. The average molecular weight is 407 g/mol. The van der Waals surface area contributed by atoms with Gasteiger partial charge < -0.3 is 9.47 Å². The number of nitrogens with zero attached hydrogens (tertiary/aromatic N) is 3. The average Bonchev–Trinajstić information content (AvgIpc) is 3.40. The monoisotopic (exact) mass is 406 g/mol. The topological polar surface area (TPSA) is 74.2 Å². The molecule has 7 nitrogen and oxygen atoms in total. The number of amides is 1. The summed E-state index contributed by atoms with van der Waals surface area (Å²) in [5, 5.41) is 3.07. The fraction of sp³-hybridized carbons (Fsp3) is 0.391. The molecule has 1 aromatic heterocycles. The molecule has 2 atom stereocenters. The van der Waals surface area contributed by atoms with Crippen molar-refractivity contribution in [2.75, 3.05) is 25.0 Å². The summed E-state index contributed by atoms with van der Waals surface area (Å²) in [4.78, 5) is 20.1. The van der Waals surface area contributed by atoms with Crippen LogP contribution in [0.2, 0.25) is 0 Å². The molecule has 30 heavy (non-hydrogen) atoms. The molecule has 2 unspecified atom stereocenters. The van der Waals surface area contributed by atoms with E-state index in [4.69, 9.17) is 4.98 Å². The van der Waals surface area contributed by atoms with Crippen LogP contribution in [0, 0.1) is 0 Å². The molecule has 2 heterocycles. The number of fused-ring (bicyclic) bond motifs is 1. The van der Waals surface area contributed by atoms with Crippen LogP contribution in [0.4, 0.5) is 5.95 Å². The van der Waals surface area contributed by atoms with E-state index in [1.165, 1.54) is 5.56 Å². The summed E-state index contributed by atoms with van der Waals surface area (Å²) in [5.74, 6) is 0.540. The lowest BCUT2D eigenvalue weighted by molar-refractivity contribution is -0.118. The number of carbonyl (C=O) groups excluding carboxylic acids is 1. The van der Waals surface area contributed by atoms with Crippen molar-refractivity contribution in [2.24, 2.45) is 0 Å². The van der Waals surface area contributed by atoms with Gasteiger partial charge in [0.15, 0.2) is 0 Å². The Hall–Kier alpha value is -2.74. The normalized spacial score (nSPS) is 18.9. The maximum Gasteiger partial charge on any atom is 0.245 e. The third-order valence-electron chi connectivity index (χ3n) is 5.85. The number of nitrogens with one attached hydrogen (secondary N) is 3. The Bertz CT molecular complexity index is 982. The van der Waals surface area contributed by atoms with Gasteiger partial charge in [0, 0.05) is 19.1 Å². The van der Waals surface area contributed by atoms with Crippen molar-refractivity contribution in [1.29, 1.82) is 0 Å². The minimum Gasteiger partial charge on any atom is -0.309 e. The Kier molecular flexibility index (Phi) is 6.42. The first kappa shape index (κ1) is 20.5. The Morgan fingerprint density at radius 3 is 2.60 bits per heavy atom. The van der Waals surface area contributed by atoms with Crippen molar-refractivity contribution >= 4 is 22.9 Å². The molecule has 1 saturated heterocycles. The van der Waals surface area contributed by atoms with Gasteiger partial charge in [0.2, 0.25) is 11.9 Å². The van der Waals surface area contributed by atoms with Gasteiger partial charge in [-0.2, -0.15) is 0 Å². The molecule has 0 saturated carbocycles. The predicted molar refractivity (Wildman–Crippen MR) is 120 cm³/mol. The van der Waals surface area contributed by atoms with Gasteiger partial charge >= 0.3 is 0 Å². The van der Waals surface area contributed by atoms with Crippen LogP contribution < -0.4 is 16.2 Å². The highest BCUT2D eigenvalue weighted by molar-refractivity contribution is 5.95. The van der Waals surface area contributed by atoms with Crippen LogP contribution >= 0.6 is 0 Å². The van der Waals surface area contributed by atoms with Gasteiger partial charge in [-0.3, -0.25) is 10.1 Å². The number of anilines is 1. The molecule has 3 N–H and O–H groups in total. The molecule has 2 aromatic carbocycles. The van der Waals surface area contributed by atoms with Gasteiger partial charge in [-0.15, -0.1) is 0 Å². The zero-order valence-electron chi connectivity index (χ0n) is 17.6. The van der Waals surface area contributed by atoms with Crippen LogP contribution in [-0.2, 0) is 11.3 Å². The van der Waals surface area contributed by atoms with Crippen molar-refractivity contribution in [3.63, 3.8) is 0 Å². The highest BCUT2D eigenvalue weighted by atomic mass is 16.2. The lowest BCUT2D eigenvalue weighted by Crippen LogP contribution is -2.40. The van der Waals surface area contributed by atoms with Crippen molar-refractivity contribution in [1.82, 2.24) is 25.3 Å². The summed E-state index contributed by atoms with van der Waals surface area (Å²) in [6, 6.07) is 18.0. The number of carbonyl (C=O) groups is 1. The molecule has 0 spiro atoms. The maximum atomic E-state index is 13.0. The molecule has 158 valence electrons. The minimum atomic E-state index is -0.314. The van der Waals surface area contributed by atoms with Crippen molar-refractivity contribution in [2.45, 2.75) is 38.9 Å². The standard InChI is InChI=1S/C23H30N6O/c1-3-28(4-2)14-15-29-21-13-9-8-12-18(21)24-23(29)25-22(30)20-16-19(26-27-20)17-10-6-5-7-11-17/h5-13,19-20,26-27H,3-4,14-16H2,1-2H3,(H,24,25,30). The lowest BCUT2D eigenvalue weighted by atomic mass is 10.0. The molecule has 1 amide bonds. The van der Waals surface area contributed by atoms with E-state index in [0.29, 0.717) is 12.4 Å². The zero-order chi connectivity index (χ0) is 20.9. The summed E-state index contributed by atoms with van der Waals surface area (Å²) in [6.07, 6.45) is 0.690. The highest BCUT2D eigenvalue weighted by Crippen LogP contribution is 2.24. The van der Waals surface area contributed by atoms with Gasteiger partial charge in [-0.05, 0) is 37.2 Å². The Morgan fingerprint density at radius 1 is 1.10 bits per heavy atom. The van der Waals surface area contributed by atoms with Gasteiger partial charge in [-0.25, -0.2) is 15.8 Å². The largest absolute Gasteiger partial charge is 0.309 e. The molecule has 1 aliphatic heterocycles. The third kappa shape index (κ3) is 4.38. The first-order chi connectivity index (χ1) is 14.7. The second-order valence-corrected chi connectivity index (χ2v) is 7.63. The quantitative estimate of drug-likeness (QED) is 0.536. The SMILES string of the molecule is CCN(CC)CCn1c(NC(=O)C2CC(c3ccccc3)NN2)nc2ccccc21. The fourth-order valence-electron chi connectivity index (χ4n) is 4.01. The molecule has 0 bridgehead atoms. The molecular formula is C23H30N6O. The second-order valence-electron chi connectivity index (χ2n) is 7.63.